The number of nitrogens with zero attached hydrogens (tertiary/aromatic N) is 1. The SMILES string of the molecule is CCCCC(C(=O)O)c1c(-c2cc(Cl)ccc2C#N)c(C2CC2)c[nH]c1=O. The summed E-state index contributed by atoms with van der Waals surface area (Å²) in [6.07, 6.45) is 5.53. The number of nitriles is 1. The fourth-order valence-electron chi connectivity index (χ4n) is 3.53. The molecule has 1 heterocycles. The van der Waals surface area contributed by atoms with Crippen molar-refractivity contribution >= 4 is 17.6 Å². The third-order valence-electron chi connectivity index (χ3n) is 5.04. The zero-order valence-electron chi connectivity index (χ0n) is 15.1. The summed E-state index contributed by atoms with van der Waals surface area (Å²) in [7, 11) is 0. The molecular weight excluding hydrogens is 364 g/mol. The Hall–Kier alpha value is -2.58. The van der Waals surface area contributed by atoms with Crippen LogP contribution >= 0.6 is 11.6 Å². The number of carboxylic acid groups (broad SMARTS) is 1. The van der Waals surface area contributed by atoms with Crippen LogP contribution in [0, 0.1) is 11.3 Å². The van der Waals surface area contributed by atoms with Crippen LogP contribution in [0.15, 0.2) is 29.2 Å². The van der Waals surface area contributed by atoms with Crippen LogP contribution < -0.4 is 5.56 Å². The number of aliphatic carboxylic acids is 1. The molecule has 0 aliphatic heterocycles. The Morgan fingerprint density at radius 3 is 2.78 bits per heavy atom. The van der Waals surface area contributed by atoms with E-state index in [0.717, 1.165) is 24.8 Å². The zero-order valence-corrected chi connectivity index (χ0v) is 15.8. The number of carboxylic acids is 1. The van der Waals surface area contributed by atoms with E-state index in [1.54, 1.807) is 24.4 Å². The molecule has 1 aliphatic carbocycles. The molecule has 6 heteroatoms. The Kier molecular flexibility index (Phi) is 5.67. The molecule has 5 nitrogen and oxygen atoms in total. The predicted molar refractivity (Wildman–Crippen MR) is 104 cm³/mol. The summed E-state index contributed by atoms with van der Waals surface area (Å²) in [5, 5.41) is 19.8. The molecular formula is C21H21ClN2O3. The summed E-state index contributed by atoms with van der Waals surface area (Å²) in [6.45, 7) is 1.98. The van der Waals surface area contributed by atoms with Gasteiger partial charge in [-0.1, -0.05) is 31.4 Å². The van der Waals surface area contributed by atoms with Crippen LogP contribution in [-0.4, -0.2) is 16.1 Å². The van der Waals surface area contributed by atoms with Crippen molar-refractivity contribution in [2.24, 2.45) is 0 Å². The first-order chi connectivity index (χ1) is 13.0. The number of rotatable bonds is 7. The Bertz CT molecular complexity index is 970. The van der Waals surface area contributed by atoms with Gasteiger partial charge in [-0.3, -0.25) is 9.59 Å². The maximum Gasteiger partial charge on any atom is 0.311 e. The van der Waals surface area contributed by atoms with Crippen molar-refractivity contribution < 1.29 is 9.90 Å². The number of benzene rings is 1. The number of hydrogen-bond acceptors (Lipinski definition) is 3. The lowest BCUT2D eigenvalue weighted by Gasteiger charge is -2.20. The van der Waals surface area contributed by atoms with E-state index in [0.29, 0.717) is 34.6 Å². The fraction of sp³-hybridized carbons (Fsp3) is 0.381. The minimum atomic E-state index is -1.02. The van der Waals surface area contributed by atoms with Gasteiger partial charge in [0.05, 0.1) is 17.6 Å². The summed E-state index contributed by atoms with van der Waals surface area (Å²) in [6, 6.07) is 7.04. The van der Waals surface area contributed by atoms with Crippen molar-refractivity contribution in [3.05, 3.63) is 56.5 Å². The van der Waals surface area contributed by atoms with Crippen LogP contribution in [0.4, 0.5) is 0 Å². The van der Waals surface area contributed by atoms with Crippen LogP contribution in [0.5, 0.6) is 0 Å². The van der Waals surface area contributed by atoms with Crippen molar-refractivity contribution in [1.29, 1.82) is 5.26 Å². The zero-order chi connectivity index (χ0) is 19.6. The van der Waals surface area contributed by atoms with Gasteiger partial charge in [0.15, 0.2) is 0 Å². The quantitative estimate of drug-likeness (QED) is 0.716. The van der Waals surface area contributed by atoms with Gasteiger partial charge in [-0.15, -0.1) is 0 Å². The highest BCUT2D eigenvalue weighted by Crippen LogP contribution is 2.47. The molecule has 0 radical (unpaired) electrons. The first kappa shape index (κ1) is 19.2. The number of H-pyrrole nitrogens is 1. The van der Waals surface area contributed by atoms with Crippen molar-refractivity contribution in [2.75, 3.05) is 0 Å². The molecule has 1 fully saturated rings. The van der Waals surface area contributed by atoms with E-state index in [2.05, 4.69) is 11.1 Å². The number of unbranched alkanes of at least 4 members (excludes halogenated alkanes) is 1. The van der Waals surface area contributed by atoms with Crippen molar-refractivity contribution in [2.45, 2.75) is 50.9 Å². The van der Waals surface area contributed by atoms with Crippen LogP contribution in [0.3, 0.4) is 0 Å². The Morgan fingerprint density at radius 2 is 2.19 bits per heavy atom. The topological polar surface area (TPSA) is 93.9 Å². The van der Waals surface area contributed by atoms with Crippen LogP contribution in [0.2, 0.25) is 5.02 Å². The average Bonchev–Trinajstić information content (AvgIpc) is 3.47. The Morgan fingerprint density at radius 1 is 1.44 bits per heavy atom. The molecule has 2 aromatic rings. The second-order valence-electron chi connectivity index (χ2n) is 6.97. The third kappa shape index (κ3) is 3.91. The van der Waals surface area contributed by atoms with Crippen molar-refractivity contribution in [3.8, 4) is 17.2 Å². The summed E-state index contributed by atoms with van der Waals surface area (Å²) < 4.78 is 0. The van der Waals surface area contributed by atoms with E-state index in [9.17, 15) is 20.0 Å². The van der Waals surface area contributed by atoms with Crippen molar-refractivity contribution in [3.63, 3.8) is 0 Å². The summed E-state index contributed by atoms with van der Waals surface area (Å²) in [5.74, 6) is -1.68. The lowest BCUT2D eigenvalue weighted by molar-refractivity contribution is -0.139. The summed E-state index contributed by atoms with van der Waals surface area (Å²) in [5.41, 5.74) is 2.21. The van der Waals surface area contributed by atoms with Gasteiger partial charge >= 0.3 is 5.97 Å². The molecule has 1 atom stereocenters. The van der Waals surface area contributed by atoms with Crippen LogP contribution in [0.25, 0.3) is 11.1 Å². The minimum absolute atomic E-state index is 0.235. The standard InChI is InChI=1S/C21H21ClN2O3/c1-2-3-4-15(21(26)27)19-18(16-9-14(22)8-7-13(16)10-23)17(12-5-6-12)11-24-20(19)25/h7-9,11-12,15H,2-6H2,1H3,(H,24,25)(H,26,27). The lowest BCUT2D eigenvalue weighted by Crippen LogP contribution is -2.24. The van der Waals surface area contributed by atoms with E-state index in [-0.39, 0.29) is 11.5 Å². The number of carbonyl (C=O) groups is 1. The number of halogens is 1. The van der Waals surface area contributed by atoms with Gasteiger partial charge in [-0.05, 0) is 54.5 Å². The molecule has 0 amide bonds. The number of nitrogens with one attached hydrogen (secondary N) is 1. The molecule has 140 valence electrons. The van der Waals surface area contributed by atoms with Crippen molar-refractivity contribution in [1.82, 2.24) is 4.98 Å². The van der Waals surface area contributed by atoms with E-state index in [4.69, 9.17) is 11.6 Å². The highest BCUT2D eigenvalue weighted by molar-refractivity contribution is 6.31. The molecule has 1 aromatic heterocycles. The maximum atomic E-state index is 12.8. The van der Waals surface area contributed by atoms with Gasteiger partial charge in [-0.2, -0.15) is 5.26 Å². The van der Waals surface area contributed by atoms with Gasteiger partial charge in [0.2, 0.25) is 0 Å². The molecule has 1 aromatic carbocycles. The third-order valence-corrected chi connectivity index (χ3v) is 5.28. The molecule has 2 N–H and O–H groups in total. The largest absolute Gasteiger partial charge is 0.481 e. The van der Waals surface area contributed by atoms with Gasteiger partial charge in [0.25, 0.3) is 5.56 Å². The molecule has 0 bridgehead atoms. The Labute approximate surface area is 162 Å². The molecule has 1 unspecified atom stereocenters. The highest BCUT2D eigenvalue weighted by Gasteiger charge is 2.33. The van der Waals surface area contributed by atoms with Crippen LogP contribution in [0.1, 0.15) is 67.6 Å². The molecule has 0 saturated heterocycles. The fourth-order valence-corrected chi connectivity index (χ4v) is 3.70. The van der Waals surface area contributed by atoms with E-state index in [1.165, 1.54) is 0 Å². The molecule has 27 heavy (non-hydrogen) atoms. The summed E-state index contributed by atoms with van der Waals surface area (Å²) in [4.78, 5) is 27.5. The lowest BCUT2D eigenvalue weighted by atomic mass is 9.84. The number of hydrogen-bond donors (Lipinski definition) is 2. The Balaban J connectivity index is 2.33. The van der Waals surface area contributed by atoms with E-state index >= 15 is 0 Å². The van der Waals surface area contributed by atoms with Gasteiger partial charge < -0.3 is 10.1 Å². The molecule has 1 aliphatic rings. The van der Waals surface area contributed by atoms with Gasteiger partial charge in [0.1, 0.15) is 0 Å². The molecule has 0 spiro atoms. The highest BCUT2D eigenvalue weighted by atomic mass is 35.5. The first-order valence-corrected chi connectivity index (χ1v) is 9.54. The number of pyridine rings is 1. The maximum absolute atomic E-state index is 12.8. The number of aromatic nitrogens is 1. The van der Waals surface area contributed by atoms with Gasteiger partial charge in [0, 0.05) is 22.3 Å². The van der Waals surface area contributed by atoms with E-state index in [1.807, 2.05) is 6.92 Å². The number of aromatic amines is 1. The molecule has 1 saturated carbocycles. The average molecular weight is 385 g/mol. The summed E-state index contributed by atoms with van der Waals surface area (Å²) >= 11 is 6.18. The van der Waals surface area contributed by atoms with Crippen LogP contribution in [-0.2, 0) is 4.79 Å². The smallest absolute Gasteiger partial charge is 0.311 e. The first-order valence-electron chi connectivity index (χ1n) is 9.16. The monoisotopic (exact) mass is 384 g/mol. The second kappa shape index (κ2) is 7.98. The van der Waals surface area contributed by atoms with E-state index < -0.39 is 17.4 Å². The molecule has 3 rings (SSSR count). The second-order valence-corrected chi connectivity index (χ2v) is 7.41. The minimum Gasteiger partial charge on any atom is -0.481 e. The van der Waals surface area contributed by atoms with Gasteiger partial charge in [-0.25, -0.2) is 0 Å². The predicted octanol–water partition coefficient (Wildman–Crippen LogP) is 4.80. The normalized spacial score (nSPS) is 14.6.